The van der Waals surface area contributed by atoms with Gasteiger partial charge in [-0.1, -0.05) is 29.5 Å². The first-order chi connectivity index (χ1) is 7.75. The van der Waals surface area contributed by atoms with E-state index in [1.165, 1.54) is 17.4 Å². The molecule has 0 spiro atoms. The number of hydrogen-bond acceptors (Lipinski definition) is 4. The number of nitro groups is 1. The first kappa shape index (κ1) is 10.6. The lowest BCUT2D eigenvalue weighted by Crippen LogP contribution is -1.96. The number of nitrogens with zero attached hydrogens (tertiary/aromatic N) is 1. The second-order valence-electron chi connectivity index (χ2n) is 3.22. The average Bonchev–Trinajstić information content (AvgIpc) is 2.76. The van der Waals surface area contributed by atoms with Gasteiger partial charge in [-0.05, 0) is 18.2 Å². The van der Waals surface area contributed by atoms with E-state index in [0.717, 1.165) is 10.6 Å². The van der Waals surface area contributed by atoms with Gasteiger partial charge in [-0.3, -0.25) is 10.1 Å². The van der Waals surface area contributed by atoms with E-state index in [1.54, 1.807) is 6.07 Å². The van der Waals surface area contributed by atoms with Gasteiger partial charge < -0.3 is 5.32 Å². The molecular weight excluding hydrogens is 224 g/mol. The first-order valence-corrected chi connectivity index (χ1v) is 5.59. The Morgan fingerprint density at radius 1 is 1.19 bits per heavy atom. The molecule has 0 amide bonds. The molecule has 0 atom stereocenters. The quantitative estimate of drug-likeness (QED) is 0.652. The molecule has 1 aromatic carbocycles. The molecule has 1 N–H and O–H groups in total. The molecule has 2 rings (SSSR count). The Kier molecular flexibility index (Phi) is 3.16. The Hall–Kier alpha value is -1.88. The van der Waals surface area contributed by atoms with E-state index in [4.69, 9.17) is 0 Å². The zero-order chi connectivity index (χ0) is 11.4. The van der Waals surface area contributed by atoms with E-state index in [0.29, 0.717) is 6.54 Å². The molecular formula is C11H10N2O2S. The van der Waals surface area contributed by atoms with Gasteiger partial charge in [-0.15, -0.1) is 0 Å². The summed E-state index contributed by atoms with van der Waals surface area (Å²) in [5, 5.41) is 13.9. The third-order valence-electron chi connectivity index (χ3n) is 2.07. The van der Waals surface area contributed by atoms with Crippen LogP contribution in [0.4, 0.5) is 10.7 Å². The molecule has 5 heteroatoms. The second-order valence-corrected chi connectivity index (χ2v) is 4.36. The van der Waals surface area contributed by atoms with E-state index in [2.05, 4.69) is 5.32 Å². The highest BCUT2D eigenvalue weighted by Crippen LogP contribution is 2.24. The van der Waals surface area contributed by atoms with Crippen LogP contribution < -0.4 is 5.32 Å². The second kappa shape index (κ2) is 4.76. The van der Waals surface area contributed by atoms with E-state index in [9.17, 15) is 10.1 Å². The van der Waals surface area contributed by atoms with Crippen molar-refractivity contribution in [2.75, 3.05) is 5.32 Å². The maximum Gasteiger partial charge on any atom is 0.324 e. The van der Waals surface area contributed by atoms with Crippen molar-refractivity contribution in [3.63, 3.8) is 0 Å². The summed E-state index contributed by atoms with van der Waals surface area (Å²) >= 11 is 1.20. The van der Waals surface area contributed by atoms with Gasteiger partial charge in [0, 0.05) is 23.2 Å². The van der Waals surface area contributed by atoms with Crippen LogP contribution in [0.2, 0.25) is 0 Å². The number of rotatable bonds is 4. The Balaban J connectivity index is 1.97. The van der Waals surface area contributed by atoms with Crippen LogP contribution in [0.15, 0.2) is 42.5 Å². The van der Waals surface area contributed by atoms with Gasteiger partial charge in [0.2, 0.25) is 0 Å². The van der Waals surface area contributed by atoms with Gasteiger partial charge in [0.05, 0.1) is 4.92 Å². The van der Waals surface area contributed by atoms with E-state index in [1.807, 2.05) is 30.3 Å². The maximum absolute atomic E-state index is 10.5. The third-order valence-corrected chi connectivity index (χ3v) is 3.10. The molecule has 0 radical (unpaired) electrons. The van der Waals surface area contributed by atoms with Gasteiger partial charge in [-0.25, -0.2) is 0 Å². The van der Waals surface area contributed by atoms with Crippen molar-refractivity contribution >= 4 is 22.0 Å². The molecule has 4 nitrogen and oxygen atoms in total. The van der Waals surface area contributed by atoms with Gasteiger partial charge in [0.25, 0.3) is 0 Å². The summed E-state index contributed by atoms with van der Waals surface area (Å²) in [6.45, 7) is 0.614. The molecule has 82 valence electrons. The summed E-state index contributed by atoms with van der Waals surface area (Å²) in [4.78, 5) is 11.1. The van der Waals surface area contributed by atoms with Gasteiger partial charge in [-0.2, -0.15) is 0 Å². The Morgan fingerprint density at radius 2 is 1.94 bits per heavy atom. The fourth-order valence-electron chi connectivity index (χ4n) is 1.30. The molecule has 0 saturated heterocycles. The summed E-state index contributed by atoms with van der Waals surface area (Å²) in [6, 6.07) is 13.1. The summed E-state index contributed by atoms with van der Waals surface area (Å²) in [5.74, 6) is 0. The van der Waals surface area contributed by atoms with E-state index < -0.39 is 0 Å². The minimum Gasteiger partial charge on any atom is -0.380 e. The largest absolute Gasteiger partial charge is 0.380 e. The normalized spacial score (nSPS) is 10.0. The van der Waals surface area contributed by atoms with Crippen LogP contribution in [-0.2, 0) is 6.54 Å². The summed E-state index contributed by atoms with van der Waals surface area (Å²) < 4.78 is 0. The number of benzene rings is 1. The maximum atomic E-state index is 10.5. The van der Waals surface area contributed by atoms with Crippen molar-refractivity contribution in [2.45, 2.75) is 6.54 Å². The molecule has 2 aromatic rings. The van der Waals surface area contributed by atoms with Crippen molar-refractivity contribution in [3.05, 3.63) is 57.5 Å². The van der Waals surface area contributed by atoms with E-state index in [-0.39, 0.29) is 9.92 Å². The zero-order valence-corrected chi connectivity index (χ0v) is 9.24. The van der Waals surface area contributed by atoms with Crippen LogP contribution in [0.1, 0.15) is 4.88 Å². The van der Waals surface area contributed by atoms with Crippen LogP contribution in [-0.4, -0.2) is 4.92 Å². The van der Waals surface area contributed by atoms with E-state index >= 15 is 0 Å². The van der Waals surface area contributed by atoms with Crippen molar-refractivity contribution in [3.8, 4) is 0 Å². The molecule has 0 bridgehead atoms. The molecule has 0 fully saturated rings. The lowest BCUT2D eigenvalue weighted by Gasteiger charge is -2.02. The first-order valence-electron chi connectivity index (χ1n) is 4.78. The molecule has 0 saturated carbocycles. The summed E-state index contributed by atoms with van der Waals surface area (Å²) in [5.41, 5.74) is 1.01. The molecule has 0 aliphatic heterocycles. The zero-order valence-electron chi connectivity index (χ0n) is 8.42. The SMILES string of the molecule is O=[N+]([O-])c1ccc(CNc2ccccc2)s1. The van der Waals surface area contributed by atoms with Crippen LogP contribution in [0, 0.1) is 10.1 Å². The molecule has 1 aromatic heterocycles. The standard InChI is InChI=1S/C11H10N2O2S/c14-13(15)11-7-6-10(16-11)8-12-9-4-2-1-3-5-9/h1-7,12H,8H2. The number of hydrogen-bond donors (Lipinski definition) is 1. The van der Waals surface area contributed by atoms with Crippen molar-refractivity contribution in [1.29, 1.82) is 0 Å². The Labute approximate surface area is 96.7 Å². The highest BCUT2D eigenvalue weighted by atomic mass is 32.1. The van der Waals surface area contributed by atoms with Gasteiger partial charge in [0.15, 0.2) is 0 Å². The van der Waals surface area contributed by atoms with Crippen LogP contribution in [0.3, 0.4) is 0 Å². The molecule has 0 aliphatic rings. The fourth-order valence-corrected chi connectivity index (χ4v) is 2.06. The van der Waals surface area contributed by atoms with Crippen molar-refractivity contribution in [1.82, 2.24) is 0 Å². The minimum atomic E-state index is -0.364. The fraction of sp³-hybridized carbons (Fsp3) is 0.0909. The summed E-state index contributed by atoms with van der Waals surface area (Å²) in [7, 11) is 0. The minimum absolute atomic E-state index is 0.185. The van der Waals surface area contributed by atoms with Crippen LogP contribution in [0.25, 0.3) is 0 Å². The number of nitrogens with one attached hydrogen (secondary N) is 1. The van der Waals surface area contributed by atoms with Gasteiger partial charge >= 0.3 is 5.00 Å². The van der Waals surface area contributed by atoms with Crippen molar-refractivity contribution in [2.24, 2.45) is 0 Å². The Morgan fingerprint density at radius 3 is 2.56 bits per heavy atom. The number of para-hydroxylation sites is 1. The molecule has 1 heterocycles. The monoisotopic (exact) mass is 234 g/mol. The van der Waals surface area contributed by atoms with Gasteiger partial charge in [0.1, 0.15) is 0 Å². The van der Waals surface area contributed by atoms with Crippen LogP contribution >= 0.6 is 11.3 Å². The Bertz CT molecular complexity index is 482. The van der Waals surface area contributed by atoms with Crippen molar-refractivity contribution < 1.29 is 4.92 Å². The molecule has 0 unspecified atom stereocenters. The predicted molar refractivity (Wildman–Crippen MR) is 64.7 cm³/mol. The predicted octanol–water partition coefficient (Wildman–Crippen LogP) is 3.27. The lowest BCUT2D eigenvalue weighted by atomic mass is 10.3. The lowest BCUT2D eigenvalue weighted by molar-refractivity contribution is -0.380. The van der Waals surface area contributed by atoms with Crippen LogP contribution in [0.5, 0.6) is 0 Å². The number of thiophene rings is 1. The number of anilines is 1. The topological polar surface area (TPSA) is 55.2 Å². The third kappa shape index (κ3) is 2.58. The smallest absolute Gasteiger partial charge is 0.324 e. The summed E-state index contributed by atoms with van der Waals surface area (Å²) in [6.07, 6.45) is 0. The molecule has 16 heavy (non-hydrogen) atoms. The average molecular weight is 234 g/mol. The molecule has 0 aliphatic carbocycles. The highest BCUT2D eigenvalue weighted by Gasteiger charge is 2.08. The highest BCUT2D eigenvalue weighted by molar-refractivity contribution is 7.15.